The van der Waals surface area contributed by atoms with E-state index >= 15 is 0 Å². The van der Waals surface area contributed by atoms with Gasteiger partial charge in [-0.1, -0.05) is 6.07 Å². The molecule has 10 nitrogen and oxygen atoms in total. The Morgan fingerprint density at radius 2 is 1.59 bits per heavy atom. The van der Waals surface area contributed by atoms with Gasteiger partial charge in [0.05, 0.1) is 12.5 Å². The number of aromatic amines is 1. The van der Waals surface area contributed by atoms with Crippen LogP contribution in [0, 0.1) is 0 Å². The van der Waals surface area contributed by atoms with Crippen molar-refractivity contribution in [2.75, 3.05) is 15.4 Å². The molecule has 3 aromatic heterocycles. The maximum Gasteiger partial charge on any atom is 0.278 e. The molecule has 29 heavy (non-hydrogen) atoms. The smallest absolute Gasteiger partial charge is 0.278 e. The molecule has 11 heteroatoms. The second kappa shape index (κ2) is 7.94. The van der Waals surface area contributed by atoms with Crippen molar-refractivity contribution in [1.29, 1.82) is 0 Å². The number of anilines is 5. The predicted molar refractivity (Wildman–Crippen MR) is 109 cm³/mol. The number of imidazole rings is 1. The number of sulfonamides is 1. The van der Waals surface area contributed by atoms with Gasteiger partial charge in [-0.05, 0) is 36.4 Å². The van der Waals surface area contributed by atoms with Crippen molar-refractivity contribution in [1.82, 2.24) is 24.9 Å². The lowest BCUT2D eigenvalue weighted by Crippen LogP contribution is -2.13. The van der Waals surface area contributed by atoms with Crippen LogP contribution in [0.4, 0.5) is 28.8 Å². The number of nitrogens with one attached hydrogen (secondary N) is 4. The molecule has 0 amide bonds. The van der Waals surface area contributed by atoms with E-state index < -0.39 is 10.0 Å². The molecule has 1 aromatic carbocycles. The summed E-state index contributed by atoms with van der Waals surface area (Å²) in [4.78, 5) is 18.8. The van der Waals surface area contributed by atoms with Crippen LogP contribution in [0.25, 0.3) is 0 Å². The van der Waals surface area contributed by atoms with Crippen LogP contribution in [-0.4, -0.2) is 33.3 Å². The molecular weight excluding hydrogens is 392 g/mol. The van der Waals surface area contributed by atoms with E-state index in [2.05, 4.69) is 40.3 Å². The molecule has 0 fully saturated rings. The highest BCUT2D eigenvalue weighted by atomic mass is 32.2. The van der Waals surface area contributed by atoms with Crippen LogP contribution in [0.3, 0.4) is 0 Å². The molecule has 0 unspecified atom stereocenters. The van der Waals surface area contributed by atoms with Gasteiger partial charge in [0, 0.05) is 23.6 Å². The summed E-state index contributed by atoms with van der Waals surface area (Å²) in [6.07, 6.45) is 5.66. The first kappa shape index (κ1) is 18.4. The molecule has 0 saturated heterocycles. The Morgan fingerprint density at radius 1 is 0.828 bits per heavy atom. The Bertz CT molecular complexity index is 1180. The summed E-state index contributed by atoms with van der Waals surface area (Å²) in [5.41, 5.74) is 1.15. The zero-order valence-corrected chi connectivity index (χ0v) is 15.8. The highest BCUT2D eigenvalue weighted by molar-refractivity contribution is 7.92. The minimum Gasteiger partial charge on any atom is -0.340 e. The lowest BCUT2D eigenvalue weighted by molar-refractivity contribution is 0.598. The van der Waals surface area contributed by atoms with E-state index in [4.69, 9.17) is 0 Å². The predicted octanol–water partition coefficient (Wildman–Crippen LogP) is 2.88. The zero-order valence-electron chi connectivity index (χ0n) is 14.9. The van der Waals surface area contributed by atoms with E-state index in [9.17, 15) is 8.42 Å². The fourth-order valence-electron chi connectivity index (χ4n) is 2.43. The third kappa shape index (κ3) is 4.65. The Morgan fingerprint density at radius 3 is 2.28 bits per heavy atom. The molecule has 0 aliphatic heterocycles. The van der Waals surface area contributed by atoms with E-state index in [1.54, 1.807) is 36.5 Å². The molecule has 0 aliphatic rings. The van der Waals surface area contributed by atoms with Gasteiger partial charge in [-0.25, -0.2) is 19.9 Å². The molecule has 0 atom stereocenters. The number of hydrogen-bond acceptors (Lipinski definition) is 8. The number of rotatable bonds is 7. The molecule has 3 heterocycles. The number of aromatic nitrogens is 5. The molecule has 4 N–H and O–H groups in total. The van der Waals surface area contributed by atoms with Crippen LogP contribution in [0.15, 0.2) is 78.6 Å². The zero-order chi connectivity index (χ0) is 20.1. The van der Waals surface area contributed by atoms with Crippen LogP contribution in [0.5, 0.6) is 0 Å². The van der Waals surface area contributed by atoms with Crippen molar-refractivity contribution in [3.63, 3.8) is 0 Å². The van der Waals surface area contributed by atoms with Gasteiger partial charge in [0.2, 0.25) is 0 Å². The average molecular weight is 408 g/mol. The first-order chi connectivity index (χ1) is 14.1. The van der Waals surface area contributed by atoms with Gasteiger partial charge in [0.25, 0.3) is 10.0 Å². The van der Waals surface area contributed by atoms with E-state index in [-0.39, 0.29) is 5.03 Å². The van der Waals surface area contributed by atoms with Crippen molar-refractivity contribution in [2.24, 2.45) is 0 Å². The normalized spacial score (nSPS) is 11.0. The standard InChI is InChI=1S/C18H16N8O2S/c27-29(28,18-10-19-11-23-18)26-14-6-4-13(5-7-14)24-16-9-17(22-12-21-16)25-15-3-1-2-8-20-15/h1-12,26H,(H,19,23)(H2,20,21,22,24,25). The molecule has 0 bridgehead atoms. The van der Waals surface area contributed by atoms with Gasteiger partial charge in [-0.3, -0.25) is 4.72 Å². The maximum atomic E-state index is 12.2. The number of pyridine rings is 1. The topological polar surface area (TPSA) is 138 Å². The van der Waals surface area contributed by atoms with Crippen LogP contribution < -0.4 is 15.4 Å². The lowest BCUT2D eigenvalue weighted by atomic mass is 10.3. The Labute approximate surface area is 166 Å². The van der Waals surface area contributed by atoms with E-state index in [1.807, 2.05) is 18.2 Å². The van der Waals surface area contributed by atoms with Crippen LogP contribution in [-0.2, 0) is 10.0 Å². The Kier molecular flexibility index (Phi) is 5.03. The molecule has 146 valence electrons. The average Bonchev–Trinajstić information content (AvgIpc) is 3.26. The fraction of sp³-hybridized carbons (Fsp3) is 0. The van der Waals surface area contributed by atoms with E-state index in [0.717, 1.165) is 5.69 Å². The summed E-state index contributed by atoms with van der Waals surface area (Å²) in [6.45, 7) is 0. The van der Waals surface area contributed by atoms with Gasteiger partial charge in [0.1, 0.15) is 23.8 Å². The highest BCUT2D eigenvalue weighted by Gasteiger charge is 2.15. The van der Waals surface area contributed by atoms with E-state index in [0.29, 0.717) is 23.1 Å². The molecule has 0 spiro atoms. The minimum atomic E-state index is -3.70. The molecule has 0 aliphatic carbocycles. The Hall–Kier alpha value is -3.99. The minimum absolute atomic E-state index is 0.00591. The van der Waals surface area contributed by atoms with Gasteiger partial charge in [0.15, 0.2) is 5.03 Å². The maximum absolute atomic E-state index is 12.2. The summed E-state index contributed by atoms with van der Waals surface area (Å²) in [5.74, 6) is 1.83. The van der Waals surface area contributed by atoms with Gasteiger partial charge in [-0.2, -0.15) is 8.42 Å². The van der Waals surface area contributed by atoms with Crippen molar-refractivity contribution in [2.45, 2.75) is 5.03 Å². The highest BCUT2D eigenvalue weighted by Crippen LogP contribution is 2.21. The summed E-state index contributed by atoms with van der Waals surface area (Å²) in [7, 11) is -3.70. The van der Waals surface area contributed by atoms with Gasteiger partial charge >= 0.3 is 0 Å². The van der Waals surface area contributed by atoms with Crippen LogP contribution in [0.1, 0.15) is 0 Å². The summed E-state index contributed by atoms with van der Waals surface area (Å²) >= 11 is 0. The van der Waals surface area contributed by atoms with Crippen molar-refractivity contribution >= 4 is 38.9 Å². The molecule has 0 radical (unpaired) electrons. The summed E-state index contributed by atoms with van der Waals surface area (Å²) in [6, 6.07) is 14.0. The second-order valence-corrected chi connectivity index (χ2v) is 7.50. The van der Waals surface area contributed by atoms with Gasteiger partial charge in [-0.15, -0.1) is 0 Å². The molecular formula is C18H16N8O2S. The monoisotopic (exact) mass is 408 g/mol. The quantitative estimate of drug-likeness (QED) is 0.366. The third-order valence-electron chi connectivity index (χ3n) is 3.76. The number of H-pyrrole nitrogens is 1. The number of hydrogen-bond donors (Lipinski definition) is 4. The number of benzene rings is 1. The van der Waals surface area contributed by atoms with E-state index in [1.165, 1.54) is 18.9 Å². The molecule has 4 aromatic rings. The molecule has 0 saturated carbocycles. The second-order valence-electron chi connectivity index (χ2n) is 5.85. The summed E-state index contributed by atoms with van der Waals surface area (Å²) < 4.78 is 26.9. The van der Waals surface area contributed by atoms with Gasteiger partial charge < -0.3 is 15.6 Å². The lowest BCUT2D eigenvalue weighted by Gasteiger charge is -2.10. The largest absolute Gasteiger partial charge is 0.340 e. The Balaban J connectivity index is 1.43. The van der Waals surface area contributed by atoms with Crippen molar-refractivity contribution < 1.29 is 8.42 Å². The van der Waals surface area contributed by atoms with Crippen molar-refractivity contribution in [3.05, 3.63) is 73.6 Å². The first-order valence-corrected chi connectivity index (χ1v) is 9.95. The van der Waals surface area contributed by atoms with Crippen LogP contribution in [0.2, 0.25) is 0 Å². The number of nitrogens with zero attached hydrogens (tertiary/aromatic N) is 4. The first-order valence-electron chi connectivity index (χ1n) is 8.47. The molecule has 4 rings (SSSR count). The SMILES string of the molecule is O=S(=O)(Nc1ccc(Nc2cc(Nc3ccccn3)ncn2)cc1)c1cnc[nH]1. The fourth-order valence-corrected chi connectivity index (χ4v) is 3.40. The third-order valence-corrected chi connectivity index (χ3v) is 5.07. The summed E-state index contributed by atoms with van der Waals surface area (Å²) in [5, 5.41) is 6.23. The van der Waals surface area contributed by atoms with Crippen molar-refractivity contribution in [3.8, 4) is 0 Å². The van der Waals surface area contributed by atoms with Crippen LogP contribution >= 0.6 is 0 Å².